The Hall–Kier alpha value is -3.32. The zero-order valence-electron chi connectivity index (χ0n) is 16.8. The number of thiophene rings is 1. The molecule has 0 amide bonds. The molecule has 8 nitrogen and oxygen atoms in total. The smallest absolute Gasteiger partial charge is 0.383 e. The molecule has 0 fully saturated rings. The molecule has 4 aromatic heterocycles. The van der Waals surface area contributed by atoms with E-state index < -0.39 is 22.7 Å². The Kier molecular flexibility index (Phi) is 4.97. The van der Waals surface area contributed by atoms with Gasteiger partial charge in [-0.2, -0.15) is 18.3 Å². The zero-order chi connectivity index (χ0) is 23.5. The molecule has 0 atom stereocenters. The molecule has 5 aromatic rings. The molecule has 0 radical (unpaired) electrons. The van der Waals surface area contributed by atoms with Gasteiger partial charge in [-0.1, -0.05) is 18.2 Å². The second kappa shape index (κ2) is 7.63. The summed E-state index contributed by atoms with van der Waals surface area (Å²) in [5.41, 5.74) is 5.65. The number of hydrogen-bond acceptors (Lipinski definition) is 7. The van der Waals surface area contributed by atoms with Gasteiger partial charge in [0.25, 0.3) is 5.56 Å². The molecular weight excluding hydrogens is 523 g/mol. The van der Waals surface area contributed by atoms with Crippen LogP contribution < -0.4 is 11.3 Å². The minimum Gasteiger partial charge on any atom is -0.383 e. The van der Waals surface area contributed by atoms with Gasteiger partial charge in [0.2, 0.25) is 0 Å². The largest absolute Gasteiger partial charge is 0.418 e. The summed E-state index contributed by atoms with van der Waals surface area (Å²) in [6, 6.07) is 6.90. The average molecular weight is 536 g/mol. The number of benzene rings is 1. The average Bonchev–Trinajstić information content (AvgIpc) is 3.32. The standard InChI is InChI=1S/C20H13BrF3N7OS/c1-9-4-2-3-5-11(9)31-12(6-30-17-14(15(21)29-30)16(25)26-8-27-17)28-18-13(19(31)32)10(7-33-18)20(22,23)24/h2-5,7-8H,6H2,1H3,(H2,25,26,27). The first kappa shape index (κ1) is 21.5. The van der Waals surface area contributed by atoms with Crippen LogP contribution in [0.15, 0.2) is 45.4 Å². The summed E-state index contributed by atoms with van der Waals surface area (Å²) in [4.78, 5) is 26.1. The summed E-state index contributed by atoms with van der Waals surface area (Å²) < 4.78 is 43.8. The summed E-state index contributed by atoms with van der Waals surface area (Å²) in [6.45, 7) is 1.72. The molecule has 2 N–H and O–H groups in total. The number of nitrogens with two attached hydrogens (primary N) is 1. The number of aromatic nitrogens is 6. The van der Waals surface area contributed by atoms with Gasteiger partial charge >= 0.3 is 6.18 Å². The van der Waals surface area contributed by atoms with Crippen molar-refractivity contribution >= 4 is 54.3 Å². The van der Waals surface area contributed by atoms with Crippen LogP contribution >= 0.6 is 27.3 Å². The normalized spacial score (nSPS) is 12.2. The third kappa shape index (κ3) is 3.47. The molecule has 168 valence electrons. The number of hydrogen-bond donors (Lipinski definition) is 1. The number of para-hydroxylation sites is 1. The van der Waals surface area contributed by atoms with E-state index in [0.717, 1.165) is 16.7 Å². The summed E-state index contributed by atoms with van der Waals surface area (Å²) >= 11 is 4.10. The van der Waals surface area contributed by atoms with Crippen LogP contribution in [0.5, 0.6) is 0 Å². The third-order valence-electron chi connectivity index (χ3n) is 5.15. The van der Waals surface area contributed by atoms with E-state index in [9.17, 15) is 18.0 Å². The van der Waals surface area contributed by atoms with Crippen LogP contribution in [0.1, 0.15) is 17.0 Å². The quantitative estimate of drug-likeness (QED) is 0.369. The molecule has 0 saturated heterocycles. The number of anilines is 1. The lowest BCUT2D eigenvalue weighted by atomic mass is 10.2. The predicted molar refractivity (Wildman–Crippen MR) is 121 cm³/mol. The Morgan fingerprint density at radius 1 is 1.18 bits per heavy atom. The number of rotatable bonds is 3. The van der Waals surface area contributed by atoms with E-state index >= 15 is 0 Å². The van der Waals surface area contributed by atoms with Crippen molar-refractivity contribution in [3.63, 3.8) is 0 Å². The van der Waals surface area contributed by atoms with Crippen molar-refractivity contribution in [3.8, 4) is 5.69 Å². The molecule has 33 heavy (non-hydrogen) atoms. The Morgan fingerprint density at radius 2 is 1.94 bits per heavy atom. The first-order chi connectivity index (χ1) is 15.7. The molecule has 0 spiro atoms. The molecule has 0 unspecified atom stereocenters. The van der Waals surface area contributed by atoms with E-state index in [1.807, 2.05) is 0 Å². The zero-order valence-corrected chi connectivity index (χ0v) is 19.2. The number of nitrogen functional groups attached to an aromatic ring is 1. The maximum atomic E-state index is 13.6. The minimum absolute atomic E-state index is 0.00294. The number of aryl methyl sites for hydroxylation is 1. The van der Waals surface area contributed by atoms with E-state index in [0.29, 0.717) is 26.9 Å². The van der Waals surface area contributed by atoms with Crippen LogP contribution in [0.2, 0.25) is 0 Å². The lowest BCUT2D eigenvalue weighted by molar-refractivity contribution is -0.136. The van der Waals surface area contributed by atoms with E-state index in [1.54, 1.807) is 31.2 Å². The molecule has 0 aliphatic rings. The highest BCUT2D eigenvalue weighted by molar-refractivity contribution is 9.10. The van der Waals surface area contributed by atoms with Gasteiger partial charge in [-0.25, -0.2) is 19.6 Å². The van der Waals surface area contributed by atoms with Crippen molar-refractivity contribution in [2.24, 2.45) is 0 Å². The number of nitrogens with zero attached hydrogens (tertiary/aromatic N) is 6. The van der Waals surface area contributed by atoms with Crippen LogP contribution in [0, 0.1) is 6.92 Å². The molecule has 0 saturated carbocycles. The fourth-order valence-corrected chi connectivity index (χ4v) is 5.17. The Labute approximate surface area is 195 Å². The highest BCUT2D eigenvalue weighted by Crippen LogP contribution is 2.37. The summed E-state index contributed by atoms with van der Waals surface area (Å²) in [6.07, 6.45) is -3.40. The summed E-state index contributed by atoms with van der Waals surface area (Å²) in [5, 5.41) is 5.32. The monoisotopic (exact) mass is 535 g/mol. The lowest BCUT2D eigenvalue weighted by Gasteiger charge is -2.15. The van der Waals surface area contributed by atoms with Crippen LogP contribution in [0.3, 0.4) is 0 Å². The molecule has 0 bridgehead atoms. The number of alkyl halides is 3. The van der Waals surface area contributed by atoms with Gasteiger partial charge in [-0.3, -0.25) is 9.36 Å². The van der Waals surface area contributed by atoms with Crippen LogP contribution in [0.25, 0.3) is 26.9 Å². The van der Waals surface area contributed by atoms with Gasteiger partial charge in [0.15, 0.2) is 5.65 Å². The molecule has 0 aliphatic carbocycles. The maximum Gasteiger partial charge on any atom is 0.418 e. The Morgan fingerprint density at radius 3 is 2.67 bits per heavy atom. The van der Waals surface area contributed by atoms with Gasteiger partial charge < -0.3 is 5.73 Å². The van der Waals surface area contributed by atoms with Crippen LogP contribution in [-0.4, -0.2) is 29.3 Å². The summed E-state index contributed by atoms with van der Waals surface area (Å²) in [5.74, 6) is 0.414. The van der Waals surface area contributed by atoms with Gasteiger partial charge in [0.1, 0.15) is 33.9 Å². The molecule has 4 heterocycles. The van der Waals surface area contributed by atoms with Crippen molar-refractivity contribution < 1.29 is 13.2 Å². The van der Waals surface area contributed by atoms with Crippen molar-refractivity contribution in [2.75, 3.05) is 5.73 Å². The van der Waals surface area contributed by atoms with Gasteiger partial charge in [-0.15, -0.1) is 11.3 Å². The molecule has 0 aliphatic heterocycles. The van der Waals surface area contributed by atoms with E-state index in [4.69, 9.17) is 5.73 Å². The van der Waals surface area contributed by atoms with Gasteiger partial charge in [-0.05, 0) is 34.5 Å². The lowest BCUT2D eigenvalue weighted by Crippen LogP contribution is -2.27. The Bertz CT molecular complexity index is 1610. The minimum atomic E-state index is -4.68. The van der Waals surface area contributed by atoms with E-state index in [1.165, 1.54) is 15.6 Å². The van der Waals surface area contributed by atoms with Crippen molar-refractivity contribution in [3.05, 3.63) is 67.9 Å². The molecule has 13 heteroatoms. The predicted octanol–water partition coefficient (Wildman–Crippen LogP) is 4.31. The first-order valence-corrected chi connectivity index (χ1v) is 11.1. The molecule has 5 rings (SSSR count). The third-order valence-corrected chi connectivity index (χ3v) is 6.57. The second-order valence-corrected chi connectivity index (χ2v) is 8.80. The second-order valence-electron chi connectivity index (χ2n) is 7.19. The Balaban J connectivity index is 1.81. The van der Waals surface area contributed by atoms with Crippen LogP contribution in [-0.2, 0) is 12.7 Å². The maximum absolute atomic E-state index is 13.6. The first-order valence-electron chi connectivity index (χ1n) is 9.45. The van der Waals surface area contributed by atoms with Crippen molar-refractivity contribution in [1.82, 2.24) is 29.3 Å². The molecular formula is C20H13BrF3N7OS. The van der Waals surface area contributed by atoms with Gasteiger partial charge in [0.05, 0.1) is 22.0 Å². The fraction of sp³-hybridized carbons (Fsp3) is 0.150. The highest BCUT2D eigenvalue weighted by Gasteiger charge is 2.36. The SMILES string of the molecule is Cc1ccccc1-n1c(Cn2nc(Br)c3c(N)ncnc32)nc2scc(C(F)(F)F)c2c1=O. The number of halogens is 4. The van der Waals surface area contributed by atoms with E-state index in [2.05, 4.69) is 36.0 Å². The van der Waals surface area contributed by atoms with Crippen molar-refractivity contribution in [1.29, 1.82) is 0 Å². The fourth-order valence-electron chi connectivity index (χ4n) is 3.64. The van der Waals surface area contributed by atoms with E-state index in [-0.39, 0.29) is 23.0 Å². The van der Waals surface area contributed by atoms with Crippen molar-refractivity contribution in [2.45, 2.75) is 19.6 Å². The van der Waals surface area contributed by atoms with Crippen LogP contribution in [0.4, 0.5) is 19.0 Å². The molecule has 1 aromatic carbocycles. The topological polar surface area (TPSA) is 105 Å². The highest BCUT2D eigenvalue weighted by atomic mass is 79.9. The van der Waals surface area contributed by atoms with Gasteiger partial charge in [0, 0.05) is 5.38 Å². The summed E-state index contributed by atoms with van der Waals surface area (Å²) in [7, 11) is 0. The number of fused-ring (bicyclic) bond motifs is 2.